The molecular formula is C43H24N2O2. The lowest BCUT2D eigenvalue weighted by molar-refractivity contribution is 0.620. The van der Waals surface area contributed by atoms with Crippen LogP contribution in [-0.4, -0.2) is 9.55 Å². The normalized spacial score (nSPS) is 12.3. The molecule has 0 spiro atoms. The molecule has 0 radical (unpaired) electrons. The summed E-state index contributed by atoms with van der Waals surface area (Å²) in [7, 11) is 0. The Kier molecular flexibility index (Phi) is 4.81. The van der Waals surface area contributed by atoms with Crippen LogP contribution in [0.2, 0.25) is 0 Å². The molecule has 0 fully saturated rings. The Bertz CT molecular complexity index is 2960. The van der Waals surface area contributed by atoms with Gasteiger partial charge in [0.05, 0.1) is 11.0 Å². The fourth-order valence-electron chi connectivity index (χ4n) is 7.72. The lowest BCUT2D eigenvalue weighted by atomic mass is 10.00. The number of nitrogens with zero attached hydrogens (tertiary/aromatic N) is 2. The summed E-state index contributed by atoms with van der Waals surface area (Å²) in [5.74, 6) is 0.592. The van der Waals surface area contributed by atoms with Gasteiger partial charge in [0.2, 0.25) is 5.89 Å². The van der Waals surface area contributed by atoms with Crippen LogP contribution >= 0.6 is 0 Å². The molecule has 0 aliphatic rings. The van der Waals surface area contributed by atoms with Crippen molar-refractivity contribution in [1.82, 2.24) is 9.55 Å². The number of rotatable bonds is 2. The van der Waals surface area contributed by atoms with E-state index in [0.29, 0.717) is 5.89 Å². The highest BCUT2D eigenvalue weighted by Gasteiger charge is 2.22. The number of oxazole rings is 1. The second-order valence-electron chi connectivity index (χ2n) is 12.3. The van der Waals surface area contributed by atoms with Crippen LogP contribution in [0.4, 0.5) is 0 Å². The summed E-state index contributed by atoms with van der Waals surface area (Å²) < 4.78 is 15.5. The maximum atomic E-state index is 6.82. The Balaban J connectivity index is 1.24. The largest absolute Gasteiger partial charge is 0.455 e. The average Bonchev–Trinajstić information content (AvgIpc) is 3.83. The molecule has 0 N–H and O–H groups in total. The molecule has 11 aromatic rings. The number of fused-ring (bicyclic) bond motifs is 13. The van der Waals surface area contributed by atoms with Gasteiger partial charge in [-0.05, 0) is 69.4 Å². The highest BCUT2D eigenvalue weighted by Crippen LogP contribution is 2.44. The third kappa shape index (κ3) is 3.39. The van der Waals surface area contributed by atoms with Crippen LogP contribution in [0.5, 0.6) is 0 Å². The molecular weight excluding hydrogens is 576 g/mol. The lowest BCUT2D eigenvalue weighted by Crippen LogP contribution is -1.93. The summed E-state index contributed by atoms with van der Waals surface area (Å²) >= 11 is 0. The number of hydrogen-bond donors (Lipinski definition) is 0. The van der Waals surface area contributed by atoms with Crippen molar-refractivity contribution < 1.29 is 8.83 Å². The van der Waals surface area contributed by atoms with E-state index in [1.54, 1.807) is 0 Å². The van der Waals surface area contributed by atoms with Gasteiger partial charge in [0, 0.05) is 44.2 Å². The van der Waals surface area contributed by atoms with Crippen LogP contribution in [-0.2, 0) is 0 Å². The Morgan fingerprint density at radius 2 is 1.09 bits per heavy atom. The molecule has 0 saturated carbocycles. The number of hydrogen-bond acceptors (Lipinski definition) is 3. The first kappa shape index (κ1) is 24.9. The molecule has 4 heteroatoms. The van der Waals surface area contributed by atoms with E-state index in [-0.39, 0.29) is 0 Å². The monoisotopic (exact) mass is 600 g/mol. The van der Waals surface area contributed by atoms with Gasteiger partial charge in [0.15, 0.2) is 5.58 Å². The Labute approximate surface area is 267 Å². The molecule has 47 heavy (non-hydrogen) atoms. The minimum atomic E-state index is 0.592. The van der Waals surface area contributed by atoms with Gasteiger partial charge in [0.25, 0.3) is 0 Å². The maximum absolute atomic E-state index is 6.82. The van der Waals surface area contributed by atoms with Crippen molar-refractivity contribution in [2.24, 2.45) is 0 Å². The van der Waals surface area contributed by atoms with E-state index in [1.165, 1.54) is 43.4 Å². The minimum absolute atomic E-state index is 0.592. The number of aromatic nitrogens is 2. The van der Waals surface area contributed by atoms with Crippen LogP contribution in [0.15, 0.2) is 154 Å². The zero-order valence-corrected chi connectivity index (χ0v) is 25.1. The van der Waals surface area contributed by atoms with Crippen molar-refractivity contribution in [2.75, 3.05) is 0 Å². The molecule has 3 heterocycles. The summed E-state index contributed by atoms with van der Waals surface area (Å²) in [4.78, 5) is 4.89. The van der Waals surface area contributed by atoms with Crippen LogP contribution in [0.25, 0.3) is 104 Å². The van der Waals surface area contributed by atoms with Crippen molar-refractivity contribution in [2.45, 2.75) is 0 Å². The standard InChI is InChI=1S/C43H24N2O2/c1-4-12-29-25(9-1)17-21-35-40(29)41-30-13-5-2-10-26(30)18-22-36(41)45(35)28-19-20-32-38(24-28)46-42-31-14-6-3-11-27(31)23-33(39(32)42)43-44-34-15-7-8-16-37(34)47-43/h1-24H. The maximum Gasteiger partial charge on any atom is 0.228 e. The second kappa shape index (κ2) is 9.09. The van der Waals surface area contributed by atoms with Crippen molar-refractivity contribution in [3.8, 4) is 17.1 Å². The molecule has 11 rings (SSSR count). The van der Waals surface area contributed by atoms with E-state index < -0.39 is 0 Å². The first-order valence-electron chi connectivity index (χ1n) is 15.9. The molecule has 8 aromatic carbocycles. The van der Waals surface area contributed by atoms with Crippen LogP contribution < -0.4 is 0 Å². The number of para-hydroxylation sites is 2. The fourth-order valence-corrected chi connectivity index (χ4v) is 7.72. The second-order valence-corrected chi connectivity index (χ2v) is 12.3. The zero-order valence-electron chi connectivity index (χ0n) is 25.1. The predicted molar refractivity (Wildman–Crippen MR) is 194 cm³/mol. The van der Waals surface area contributed by atoms with Gasteiger partial charge in [-0.25, -0.2) is 4.98 Å². The molecule has 0 aliphatic carbocycles. The molecule has 0 aliphatic heterocycles. The van der Waals surface area contributed by atoms with E-state index in [1.807, 2.05) is 24.3 Å². The van der Waals surface area contributed by atoms with Gasteiger partial charge in [0.1, 0.15) is 16.7 Å². The molecule has 0 atom stereocenters. The van der Waals surface area contributed by atoms with Gasteiger partial charge in [-0.2, -0.15) is 0 Å². The van der Waals surface area contributed by atoms with Crippen LogP contribution in [0, 0.1) is 0 Å². The summed E-state index contributed by atoms with van der Waals surface area (Å²) in [5, 5.41) is 11.7. The zero-order chi connectivity index (χ0) is 30.6. The number of furan rings is 1. The van der Waals surface area contributed by atoms with E-state index in [4.69, 9.17) is 13.8 Å². The van der Waals surface area contributed by atoms with Gasteiger partial charge in [-0.15, -0.1) is 0 Å². The highest BCUT2D eigenvalue weighted by molar-refractivity contribution is 6.28. The van der Waals surface area contributed by atoms with E-state index in [2.05, 4.69) is 126 Å². The van der Waals surface area contributed by atoms with Gasteiger partial charge in [-0.3, -0.25) is 0 Å². The van der Waals surface area contributed by atoms with E-state index in [0.717, 1.165) is 55.1 Å². The summed E-state index contributed by atoms with van der Waals surface area (Å²) in [5.41, 5.74) is 7.59. The predicted octanol–water partition coefficient (Wildman–Crippen LogP) is 12.0. The average molecular weight is 601 g/mol. The Morgan fingerprint density at radius 3 is 1.81 bits per heavy atom. The molecule has 3 aromatic heterocycles. The van der Waals surface area contributed by atoms with E-state index in [9.17, 15) is 0 Å². The molecule has 218 valence electrons. The van der Waals surface area contributed by atoms with Crippen molar-refractivity contribution >= 4 is 87.2 Å². The van der Waals surface area contributed by atoms with Crippen molar-refractivity contribution in [3.05, 3.63) is 146 Å². The third-order valence-electron chi connectivity index (χ3n) is 9.78. The Morgan fingerprint density at radius 1 is 0.447 bits per heavy atom. The number of benzene rings is 8. The van der Waals surface area contributed by atoms with Crippen LogP contribution in [0.1, 0.15) is 0 Å². The third-order valence-corrected chi connectivity index (χ3v) is 9.78. The van der Waals surface area contributed by atoms with Gasteiger partial charge >= 0.3 is 0 Å². The lowest BCUT2D eigenvalue weighted by Gasteiger charge is -2.09. The summed E-state index contributed by atoms with van der Waals surface area (Å²) in [6.45, 7) is 0. The Hall–Kier alpha value is -6.39. The smallest absolute Gasteiger partial charge is 0.228 e. The van der Waals surface area contributed by atoms with Crippen molar-refractivity contribution in [1.29, 1.82) is 0 Å². The van der Waals surface area contributed by atoms with Gasteiger partial charge < -0.3 is 13.4 Å². The minimum Gasteiger partial charge on any atom is -0.455 e. The molecule has 4 nitrogen and oxygen atoms in total. The molecule has 0 unspecified atom stereocenters. The first-order valence-corrected chi connectivity index (χ1v) is 15.9. The SMILES string of the molecule is c1ccc2c(c1)cc(-c1nc3ccccc3o1)c1c3ccc(-n4c5ccc6ccccc6c5c5c6ccccc6ccc54)cc3oc21. The molecule has 0 amide bonds. The van der Waals surface area contributed by atoms with Crippen molar-refractivity contribution in [3.63, 3.8) is 0 Å². The topological polar surface area (TPSA) is 44.1 Å². The van der Waals surface area contributed by atoms with Gasteiger partial charge in [-0.1, -0.05) is 97.1 Å². The molecule has 0 bridgehead atoms. The molecule has 0 saturated heterocycles. The summed E-state index contributed by atoms with van der Waals surface area (Å²) in [6, 6.07) is 51.4. The van der Waals surface area contributed by atoms with E-state index >= 15 is 0 Å². The highest BCUT2D eigenvalue weighted by atomic mass is 16.3. The van der Waals surface area contributed by atoms with Crippen LogP contribution in [0.3, 0.4) is 0 Å². The summed E-state index contributed by atoms with van der Waals surface area (Å²) in [6.07, 6.45) is 0. The fraction of sp³-hybridized carbons (Fsp3) is 0. The quantitative estimate of drug-likeness (QED) is 0.198. The first-order chi connectivity index (χ1) is 23.3.